The summed E-state index contributed by atoms with van der Waals surface area (Å²) in [5, 5.41) is 4.15. The molecule has 172 valence electrons. The average Bonchev–Trinajstić information content (AvgIpc) is 2.85. The van der Waals surface area contributed by atoms with Crippen molar-refractivity contribution in [2.75, 3.05) is 24.5 Å². The Hall–Kier alpha value is -2.72. The lowest BCUT2D eigenvalue weighted by Crippen LogP contribution is -2.51. The van der Waals surface area contributed by atoms with Crippen molar-refractivity contribution in [2.45, 2.75) is 12.5 Å². The Morgan fingerprint density at radius 3 is 2.35 bits per heavy atom. The second kappa shape index (κ2) is 9.87. The molecule has 3 nitrogen and oxygen atoms in total. The van der Waals surface area contributed by atoms with Crippen molar-refractivity contribution in [1.29, 1.82) is 0 Å². The zero-order valence-corrected chi connectivity index (χ0v) is 20.7. The summed E-state index contributed by atoms with van der Waals surface area (Å²) in [6.07, 6.45) is 0.371. The molecule has 4 aromatic rings. The highest BCUT2D eigenvalue weighted by Gasteiger charge is 2.32. The summed E-state index contributed by atoms with van der Waals surface area (Å²) < 4.78 is 0. The maximum atomic E-state index is 13.4. The predicted octanol–water partition coefficient (Wildman–Crippen LogP) is 7.43. The van der Waals surface area contributed by atoms with E-state index in [1.165, 1.54) is 0 Å². The Bertz CT molecular complexity index is 1330. The van der Waals surface area contributed by atoms with Crippen LogP contribution >= 0.6 is 34.8 Å². The highest BCUT2D eigenvalue weighted by Crippen LogP contribution is 2.37. The van der Waals surface area contributed by atoms with Crippen LogP contribution in [0.5, 0.6) is 0 Å². The second-order valence-corrected chi connectivity index (χ2v) is 9.79. The van der Waals surface area contributed by atoms with Gasteiger partial charge in [-0.2, -0.15) is 0 Å². The van der Waals surface area contributed by atoms with Gasteiger partial charge in [0.25, 0.3) is 0 Å². The zero-order chi connectivity index (χ0) is 23.7. The fraction of sp³-hybridized carbons (Fsp3) is 0.179. The van der Waals surface area contributed by atoms with Gasteiger partial charge in [0.15, 0.2) is 0 Å². The van der Waals surface area contributed by atoms with E-state index in [4.69, 9.17) is 34.8 Å². The number of anilines is 1. The maximum absolute atomic E-state index is 13.4. The molecule has 1 amide bonds. The van der Waals surface area contributed by atoms with Crippen molar-refractivity contribution in [3.05, 3.63) is 111 Å². The Morgan fingerprint density at radius 1 is 0.824 bits per heavy atom. The molecule has 1 aliphatic rings. The van der Waals surface area contributed by atoms with Crippen LogP contribution in [0.4, 0.5) is 5.69 Å². The van der Waals surface area contributed by atoms with Gasteiger partial charge in [-0.05, 0) is 52.2 Å². The molecular weight excluding hydrogens is 487 g/mol. The Morgan fingerprint density at radius 2 is 1.56 bits per heavy atom. The minimum Gasteiger partial charge on any atom is -0.360 e. The van der Waals surface area contributed by atoms with E-state index in [1.54, 1.807) is 6.07 Å². The van der Waals surface area contributed by atoms with E-state index in [0.29, 0.717) is 41.1 Å². The molecule has 4 aromatic carbocycles. The zero-order valence-electron chi connectivity index (χ0n) is 18.4. The van der Waals surface area contributed by atoms with E-state index >= 15 is 0 Å². The minimum absolute atomic E-state index is 0.0545. The first-order valence-corrected chi connectivity index (χ1v) is 12.3. The van der Waals surface area contributed by atoms with Gasteiger partial charge in [0.2, 0.25) is 5.91 Å². The fourth-order valence-corrected chi connectivity index (χ4v) is 5.35. The van der Waals surface area contributed by atoms with Crippen LogP contribution in [0.15, 0.2) is 84.9 Å². The van der Waals surface area contributed by atoms with Gasteiger partial charge in [0.05, 0.1) is 23.2 Å². The van der Waals surface area contributed by atoms with Crippen LogP contribution in [0.25, 0.3) is 10.8 Å². The van der Waals surface area contributed by atoms with Crippen LogP contribution in [0.1, 0.15) is 17.2 Å². The van der Waals surface area contributed by atoms with Crippen molar-refractivity contribution < 1.29 is 4.79 Å². The van der Waals surface area contributed by atoms with E-state index in [9.17, 15) is 4.79 Å². The average molecular weight is 510 g/mol. The summed E-state index contributed by atoms with van der Waals surface area (Å²) in [5.74, 6) is 0.122. The standard InChI is InChI=1S/C28H23Cl3N2O/c29-22-10-8-20(9-11-22)27-18-32(14-15-33(27)26-13-12-23(30)17-25(26)31)28(34)16-21-6-3-5-19-4-1-2-7-24(19)21/h1-13,17,27H,14-16,18H2. The van der Waals surface area contributed by atoms with E-state index in [2.05, 4.69) is 23.1 Å². The molecule has 0 radical (unpaired) electrons. The lowest BCUT2D eigenvalue weighted by Gasteiger charge is -2.43. The third-order valence-electron chi connectivity index (χ3n) is 6.43. The molecule has 0 N–H and O–H groups in total. The first kappa shape index (κ1) is 23.0. The fourth-order valence-electron chi connectivity index (χ4n) is 4.70. The summed E-state index contributed by atoms with van der Waals surface area (Å²) >= 11 is 18.9. The SMILES string of the molecule is O=C(Cc1cccc2ccccc12)N1CCN(c2ccc(Cl)cc2Cl)C(c2ccc(Cl)cc2)C1. The smallest absolute Gasteiger partial charge is 0.227 e. The molecule has 1 atom stereocenters. The number of amides is 1. The lowest BCUT2D eigenvalue weighted by atomic mass is 9.99. The number of hydrogen-bond acceptors (Lipinski definition) is 2. The van der Waals surface area contributed by atoms with E-state index in [0.717, 1.165) is 27.6 Å². The first-order chi connectivity index (χ1) is 16.5. The third kappa shape index (κ3) is 4.74. The number of piperazine rings is 1. The molecule has 1 saturated heterocycles. The molecule has 1 aliphatic heterocycles. The number of nitrogens with zero attached hydrogens (tertiary/aromatic N) is 2. The quantitative estimate of drug-likeness (QED) is 0.285. The van der Waals surface area contributed by atoms with Crippen LogP contribution in [-0.2, 0) is 11.2 Å². The topological polar surface area (TPSA) is 23.6 Å². The highest BCUT2D eigenvalue weighted by molar-refractivity contribution is 6.36. The molecule has 0 aliphatic carbocycles. The van der Waals surface area contributed by atoms with Crippen LogP contribution in [0, 0.1) is 0 Å². The number of halogens is 3. The van der Waals surface area contributed by atoms with Crippen molar-refractivity contribution in [3.63, 3.8) is 0 Å². The van der Waals surface area contributed by atoms with Crippen molar-refractivity contribution in [2.24, 2.45) is 0 Å². The van der Waals surface area contributed by atoms with Gasteiger partial charge in [-0.15, -0.1) is 0 Å². The molecular formula is C28H23Cl3N2O. The molecule has 1 heterocycles. The van der Waals surface area contributed by atoms with Gasteiger partial charge in [0.1, 0.15) is 0 Å². The summed E-state index contributed by atoms with van der Waals surface area (Å²) in [6.45, 7) is 1.84. The van der Waals surface area contributed by atoms with Gasteiger partial charge in [0, 0.05) is 29.7 Å². The number of benzene rings is 4. The Labute approximate surface area is 214 Å². The maximum Gasteiger partial charge on any atom is 0.227 e. The highest BCUT2D eigenvalue weighted by atomic mass is 35.5. The Kier molecular flexibility index (Phi) is 6.69. The molecule has 34 heavy (non-hydrogen) atoms. The summed E-state index contributed by atoms with van der Waals surface area (Å²) in [6, 6.07) is 27.6. The van der Waals surface area contributed by atoms with Crippen LogP contribution < -0.4 is 4.90 Å². The number of fused-ring (bicyclic) bond motifs is 1. The van der Waals surface area contributed by atoms with Crippen LogP contribution in [-0.4, -0.2) is 30.4 Å². The molecule has 0 aromatic heterocycles. The number of hydrogen-bond donors (Lipinski definition) is 0. The molecule has 1 fully saturated rings. The van der Waals surface area contributed by atoms with Crippen molar-refractivity contribution in [1.82, 2.24) is 4.90 Å². The van der Waals surface area contributed by atoms with Gasteiger partial charge in [-0.1, -0.05) is 89.4 Å². The van der Waals surface area contributed by atoms with Gasteiger partial charge >= 0.3 is 0 Å². The van der Waals surface area contributed by atoms with Gasteiger partial charge in [-0.3, -0.25) is 4.79 Å². The van der Waals surface area contributed by atoms with Gasteiger partial charge in [-0.25, -0.2) is 0 Å². The predicted molar refractivity (Wildman–Crippen MR) is 142 cm³/mol. The van der Waals surface area contributed by atoms with Crippen molar-refractivity contribution in [3.8, 4) is 0 Å². The van der Waals surface area contributed by atoms with Crippen LogP contribution in [0.2, 0.25) is 15.1 Å². The molecule has 6 heteroatoms. The van der Waals surface area contributed by atoms with Crippen LogP contribution in [0.3, 0.4) is 0 Å². The summed E-state index contributed by atoms with van der Waals surface area (Å²) in [4.78, 5) is 17.7. The number of rotatable bonds is 4. The molecule has 1 unspecified atom stereocenters. The number of carbonyl (C=O) groups is 1. The van der Waals surface area contributed by atoms with E-state index in [1.807, 2.05) is 65.6 Å². The third-order valence-corrected chi connectivity index (χ3v) is 7.22. The largest absolute Gasteiger partial charge is 0.360 e. The normalized spacial score (nSPS) is 16.1. The minimum atomic E-state index is -0.0545. The molecule has 5 rings (SSSR count). The monoisotopic (exact) mass is 508 g/mol. The first-order valence-electron chi connectivity index (χ1n) is 11.2. The number of carbonyl (C=O) groups excluding carboxylic acids is 1. The molecule has 0 spiro atoms. The van der Waals surface area contributed by atoms with Crippen molar-refractivity contribution >= 4 is 57.2 Å². The Balaban J connectivity index is 1.43. The molecule has 0 bridgehead atoms. The van der Waals surface area contributed by atoms with E-state index in [-0.39, 0.29) is 11.9 Å². The molecule has 0 saturated carbocycles. The summed E-state index contributed by atoms with van der Waals surface area (Å²) in [5.41, 5.74) is 3.04. The summed E-state index contributed by atoms with van der Waals surface area (Å²) in [7, 11) is 0. The van der Waals surface area contributed by atoms with Gasteiger partial charge < -0.3 is 9.80 Å². The van der Waals surface area contributed by atoms with E-state index < -0.39 is 0 Å². The second-order valence-electron chi connectivity index (χ2n) is 8.51. The lowest BCUT2D eigenvalue weighted by molar-refractivity contribution is -0.131.